The highest BCUT2D eigenvalue weighted by Gasteiger charge is 2.35. The van der Waals surface area contributed by atoms with Crippen molar-refractivity contribution in [1.29, 1.82) is 0 Å². The van der Waals surface area contributed by atoms with Crippen LogP contribution >= 0.6 is 0 Å². The first kappa shape index (κ1) is 18.4. The van der Waals surface area contributed by atoms with Crippen LogP contribution in [0.5, 0.6) is 0 Å². The van der Waals surface area contributed by atoms with Gasteiger partial charge in [-0.1, -0.05) is 85.7 Å². The molecule has 1 atom stereocenters. The zero-order valence-corrected chi connectivity index (χ0v) is 18.1. The fraction of sp³-hybridized carbons (Fsp3) is 0.368. The average Bonchev–Trinajstić information content (AvgIpc) is 2.55. The van der Waals surface area contributed by atoms with Gasteiger partial charge in [0.2, 0.25) is 0 Å². The first-order valence-electron chi connectivity index (χ1n) is 8.60. The van der Waals surface area contributed by atoms with Gasteiger partial charge in [-0.3, -0.25) is 0 Å². The van der Waals surface area contributed by atoms with Gasteiger partial charge in [0, 0.05) is 0 Å². The first-order valence-corrected chi connectivity index (χ1v) is 16.8. The van der Waals surface area contributed by atoms with Gasteiger partial charge in [0.15, 0.2) is 8.32 Å². The summed E-state index contributed by atoms with van der Waals surface area (Å²) in [4.78, 5) is 0. The van der Waals surface area contributed by atoms with E-state index in [1.54, 1.807) is 0 Å². The van der Waals surface area contributed by atoms with Crippen LogP contribution in [0.4, 0.5) is 0 Å². The highest BCUT2D eigenvalue weighted by atomic mass is 29.2. The molecule has 0 saturated heterocycles. The van der Waals surface area contributed by atoms with E-state index in [1.165, 1.54) is 16.4 Å². The van der Waals surface area contributed by atoms with Crippen LogP contribution in [-0.4, -0.2) is 24.5 Å². The number of hydrogen-bond acceptors (Lipinski definition) is 1. The third-order valence-electron chi connectivity index (χ3n) is 4.18. The largest absolute Gasteiger partial charge is 0.478 e. The van der Waals surface area contributed by atoms with Crippen molar-refractivity contribution in [3.63, 3.8) is 0 Å². The van der Waals surface area contributed by atoms with Gasteiger partial charge in [-0.05, 0) is 19.6 Å². The van der Waals surface area contributed by atoms with Crippen LogP contribution in [0, 0.1) is 0 Å². The topological polar surface area (TPSA) is 9.23 Å². The molecule has 2 aromatic carbocycles. The summed E-state index contributed by atoms with van der Waals surface area (Å²) in [6.45, 7) is 11.7. The van der Waals surface area contributed by atoms with Crippen molar-refractivity contribution in [2.24, 2.45) is 0 Å². The molecule has 0 heterocycles. The maximum Gasteiger partial charge on any atom is 0.168 e. The fourth-order valence-corrected chi connectivity index (χ4v) is 23.4. The lowest BCUT2D eigenvalue weighted by molar-refractivity contribution is 0.570. The van der Waals surface area contributed by atoms with Gasteiger partial charge in [-0.25, -0.2) is 8.31 Å². The quantitative estimate of drug-likeness (QED) is 0.674. The van der Waals surface area contributed by atoms with Gasteiger partial charge in [0.05, 0.1) is 7.83 Å². The molecule has 0 saturated carbocycles. The normalized spacial score (nSPS) is 14.3. The van der Waals surface area contributed by atoms with E-state index in [9.17, 15) is 0 Å². The molecule has 4 heteroatoms. The molecule has 1 nitrogen and oxygen atoms in total. The summed E-state index contributed by atoms with van der Waals surface area (Å²) in [6, 6.07) is 24.7. The van der Waals surface area contributed by atoms with Crippen molar-refractivity contribution < 1.29 is 4.12 Å². The Kier molecular flexibility index (Phi) is 6.19. The van der Waals surface area contributed by atoms with Crippen molar-refractivity contribution in [2.45, 2.75) is 45.6 Å². The Labute approximate surface area is 145 Å². The van der Waals surface area contributed by atoms with E-state index in [4.69, 9.17) is 4.12 Å². The van der Waals surface area contributed by atoms with E-state index >= 15 is 0 Å². The minimum atomic E-state index is -1.99. The molecule has 2 rings (SSSR count). The molecule has 2 aromatic rings. The van der Waals surface area contributed by atoms with Crippen LogP contribution in [0.3, 0.4) is 0 Å². The molecule has 0 bridgehead atoms. The minimum absolute atomic E-state index is 0.744. The summed E-state index contributed by atoms with van der Waals surface area (Å²) >= 11 is 0. The monoisotopic (exact) mass is 357 g/mol. The Balaban J connectivity index is 2.59. The minimum Gasteiger partial charge on any atom is -0.478 e. The summed E-state index contributed by atoms with van der Waals surface area (Å²) in [5.74, 6) is 0. The standard InChI is InChI=1S/C19H29OSi3/c1-6-21(18-14-10-8-11-15-18)23(7-2,20-22(3,4)5)19-16-12-9-13-17-19/h8-17H,6-7H2,1-5H3/q-1. The lowest BCUT2D eigenvalue weighted by atomic mass is 10.4. The third kappa shape index (κ3) is 4.32. The lowest BCUT2D eigenvalue weighted by Crippen LogP contribution is -2.69. The predicted molar refractivity (Wildman–Crippen MR) is 109 cm³/mol. The molecule has 23 heavy (non-hydrogen) atoms. The molecule has 0 N–H and O–H groups in total. The van der Waals surface area contributed by atoms with E-state index in [0.29, 0.717) is 0 Å². The maximum absolute atomic E-state index is 7.09. The highest BCUT2D eigenvalue weighted by molar-refractivity contribution is 7.41. The second-order valence-electron chi connectivity index (χ2n) is 6.96. The molecular formula is C19H29OSi3-. The van der Waals surface area contributed by atoms with Gasteiger partial charge in [0.1, 0.15) is 0 Å². The van der Waals surface area contributed by atoms with E-state index in [1.807, 2.05) is 0 Å². The second kappa shape index (κ2) is 7.75. The van der Waals surface area contributed by atoms with E-state index in [2.05, 4.69) is 94.2 Å². The molecular weight excluding hydrogens is 328 g/mol. The van der Waals surface area contributed by atoms with Crippen molar-refractivity contribution >= 4 is 34.8 Å². The van der Waals surface area contributed by atoms with Gasteiger partial charge in [-0.15, -0.1) is 0 Å². The fourth-order valence-electron chi connectivity index (χ4n) is 3.38. The summed E-state index contributed by atoms with van der Waals surface area (Å²) in [7, 11) is -4.35. The van der Waals surface area contributed by atoms with Gasteiger partial charge < -0.3 is 4.12 Å². The molecule has 0 radical (unpaired) electrons. The van der Waals surface area contributed by atoms with Crippen molar-refractivity contribution in [3.05, 3.63) is 60.7 Å². The van der Waals surface area contributed by atoms with Gasteiger partial charge in [-0.2, -0.15) is 11.2 Å². The zero-order chi connectivity index (χ0) is 16.9. The van der Waals surface area contributed by atoms with Gasteiger partial charge >= 0.3 is 0 Å². The van der Waals surface area contributed by atoms with Crippen LogP contribution in [0.1, 0.15) is 13.8 Å². The molecule has 0 aliphatic rings. The number of rotatable bonds is 7. The Morgan fingerprint density at radius 2 is 1.35 bits per heavy atom. The molecule has 0 fully saturated rings. The Hall–Kier alpha value is -0.949. The predicted octanol–water partition coefficient (Wildman–Crippen LogP) is 4.21. The first-order chi connectivity index (χ1) is 10.9. The Bertz CT molecular complexity index is 595. The summed E-state index contributed by atoms with van der Waals surface area (Å²) in [5.41, 5.74) is 0. The molecule has 0 aliphatic heterocycles. The number of benzene rings is 2. The van der Waals surface area contributed by atoms with Crippen molar-refractivity contribution in [1.82, 2.24) is 0 Å². The van der Waals surface area contributed by atoms with Crippen LogP contribution in [0.25, 0.3) is 0 Å². The van der Waals surface area contributed by atoms with Crippen LogP contribution in [0.2, 0.25) is 31.7 Å². The third-order valence-corrected chi connectivity index (χ3v) is 20.7. The molecule has 0 amide bonds. The van der Waals surface area contributed by atoms with Crippen molar-refractivity contribution in [2.75, 3.05) is 0 Å². The maximum atomic E-state index is 7.09. The zero-order valence-electron chi connectivity index (χ0n) is 15.1. The average molecular weight is 358 g/mol. The highest BCUT2D eigenvalue weighted by Crippen LogP contribution is 2.23. The molecule has 0 aromatic heterocycles. The molecule has 0 aliphatic carbocycles. The van der Waals surface area contributed by atoms with Crippen LogP contribution < -0.4 is 10.4 Å². The lowest BCUT2D eigenvalue weighted by Gasteiger charge is -2.53. The van der Waals surface area contributed by atoms with E-state index < -0.39 is 24.5 Å². The van der Waals surface area contributed by atoms with Crippen LogP contribution in [-0.2, 0) is 4.12 Å². The molecule has 0 spiro atoms. The van der Waals surface area contributed by atoms with Gasteiger partial charge in [0.25, 0.3) is 0 Å². The Morgan fingerprint density at radius 3 is 1.78 bits per heavy atom. The summed E-state index contributed by atoms with van der Waals surface area (Å²) in [5, 5.41) is 3.03. The summed E-state index contributed by atoms with van der Waals surface area (Å²) < 4.78 is 7.09. The van der Waals surface area contributed by atoms with E-state index in [-0.39, 0.29) is 0 Å². The molecule has 124 valence electrons. The SMILES string of the molecule is CC[Si-](c1ccccc1)[Si](CC)(O[Si](C)(C)C)c1ccccc1. The second-order valence-corrected chi connectivity index (χ2v) is 21.4. The Morgan fingerprint density at radius 1 is 0.826 bits per heavy atom. The van der Waals surface area contributed by atoms with Crippen LogP contribution in [0.15, 0.2) is 60.7 Å². The number of hydrogen-bond donors (Lipinski definition) is 0. The van der Waals surface area contributed by atoms with E-state index in [0.717, 1.165) is 6.04 Å². The van der Waals surface area contributed by atoms with Crippen molar-refractivity contribution in [3.8, 4) is 0 Å². The smallest absolute Gasteiger partial charge is 0.168 e. The molecule has 1 unspecified atom stereocenters. The summed E-state index contributed by atoms with van der Waals surface area (Å²) in [6.07, 6.45) is 0.